The van der Waals surface area contributed by atoms with Gasteiger partial charge in [-0.2, -0.15) is 5.26 Å². The Morgan fingerprint density at radius 3 is 3.20 bits per heavy atom. The molecule has 0 bridgehead atoms. The van der Waals surface area contributed by atoms with Gasteiger partial charge >= 0.3 is 0 Å². The van der Waals surface area contributed by atoms with Crippen LogP contribution in [0.3, 0.4) is 0 Å². The number of nitriles is 1. The number of hydrogen-bond acceptors (Lipinski definition) is 3. The minimum atomic E-state index is -0.245. The summed E-state index contributed by atoms with van der Waals surface area (Å²) in [5.74, 6) is 0. The van der Waals surface area contributed by atoms with E-state index >= 15 is 0 Å². The molecule has 10 heavy (non-hydrogen) atoms. The Bertz CT molecular complexity index is 141. The first kappa shape index (κ1) is 7.52. The molecular formula is C7H12N2O. The van der Waals surface area contributed by atoms with Gasteiger partial charge in [0.25, 0.3) is 0 Å². The highest BCUT2D eigenvalue weighted by Crippen LogP contribution is 2.00. The third-order valence-electron chi connectivity index (χ3n) is 1.67. The van der Waals surface area contributed by atoms with Crippen LogP contribution < -0.4 is 5.32 Å². The first-order chi connectivity index (χ1) is 4.83. The van der Waals surface area contributed by atoms with Crippen molar-refractivity contribution in [3.8, 4) is 6.07 Å². The Balaban J connectivity index is 2.35. The molecule has 0 aromatic heterocycles. The van der Waals surface area contributed by atoms with Gasteiger partial charge in [-0.3, -0.25) is 0 Å². The Morgan fingerprint density at radius 2 is 2.50 bits per heavy atom. The van der Waals surface area contributed by atoms with E-state index in [-0.39, 0.29) is 6.10 Å². The Morgan fingerprint density at radius 1 is 1.70 bits per heavy atom. The van der Waals surface area contributed by atoms with Crippen LogP contribution in [0.4, 0.5) is 0 Å². The number of nitrogens with zero attached hydrogens (tertiary/aromatic N) is 1. The van der Waals surface area contributed by atoms with Crippen LogP contribution >= 0.6 is 0 Å². The number of ether oxygens (including phenoxy) is 1. The second-order valence-corrected chi connectivity index (χ2v) is 2.59. The number of hydrogen-bond donors (Lipinski definition) is 1. The van der Waals surface area contributed by atoms with Crippen molar-refractivity contribution in [2.24, 2.45) is 0 Å². The summed E-state index contributed by atoms with van der Waals surface area (Å²) in [4.78, 5) is 0. The van der Waals surface area contributed by atoms with E-state index in [1.165, 1.54) is 0 Å². The fourth-order valence-corrected chi connectivity index (χ4v) is 0.939. The van der Waals surface area contributed by atoms with Crippen LogP contribution in [0.15, 0.2) is 0 Å². The molecule has 3 heteroatoms. The fourth-order valence-electron chi connectivity index (χ4n) is 0.939. The molecule has 1 rings (SSSR count). The molecule has 0 aliphatic carbocycles. The molecule has 1 aliphatic rings. The summed E-state index contributed by atoms with van der Waals surface area (Å²) in [5.41, 5.74) is 0. The molecule has 0 saturated carbocycles. The lowest BCUT2D eigenvalue weighted by molar-refractivity contribution is 0.104. The van der Waals surface area contributed by atoms with Crippen LogP contribution in [-0.4, -0.2) is 25.3 Å². The fraction of sp³-hybridized carbons (Fsp3) is 0.857. The lowest BCUT2D eigenvalue weighted by Crippen LogP contribution is -2.30. The van der Waals surface area contributed by atoms with Crippen molar-refractivity contribution in [1.82, 2.24) is 5.32 Å². The summed E-state index contributed by atoms with van der Waals surface area (Å²) in [6.45, 7) is 3.47. The number of nitrogens with one attached hydrogen (secondary N) is 1. The van der Waals surface area contributed by atoms with Gasteiger partial charge in [0.15, 0.2) is 6.10 Å². The van der Waals surface area contributed by atoms with Crippen LogP contribution in [0, 0.1) is 11.3 Å². The highest BCUT2D eigenvalue weighted by atomic mass is 16.5. The molecule has 56 valence electrons. The molecule has 1 heterocycles. The van der Waals surface area contributed by atoms with Gasteiger partial charge in [0, 0.05) is 19.2 Å². The highest BCUT2D eigenvalue weighted by molar-refractivity contribution is 4.88. The summed E-state index contributed by atoms with van der Waals surface area (Å²) in [5, 5.41) is 11.7. The third-order valence-corrected chi connectivity index (χ3v) is 1.67. The molecular weight excluding hydrogens is 128 g/mol. The maximum atomic E-state index is 8.49. The van der Waals surface area contributed by atoms with Crippen LogP contribution in [0.1, 0.15) is 13.3 Å². The predicted molar refractivity (Wildman–Crippen MR) is 37.4 cm³/mol. The zero-order valence-electron chi connectivity index (χ0n) is 6.13. The topological polar surface area (TPSA) is 45.0 Å². The van der Waals surface area contributed by atoms with Gasteiger partial charge < -0.3 is 10.1 Å². The maximum absolute atomic E-state index is 8.49. The molecule has 1 fully saturated rings. The van der Waals surface area contributed by atoms with E-state index in [0.29, 0.717) is 19.2 Å². The van der Waals surface area contributed by atoms with Crippen molar-refractivity contribution in [2.75, 3.05) is 13.2 Å². The molecule has 2 unspecified atom stereocenters. The molecule has 1 saturated heterocycles. The molecule has 2 atom stereocenters. The Kier molecular flexibility index (Phi) is 2.67. The van der Waals surface area contributed by atoms with Crippen molar-refractivity contribution < 1.29 is 4.74 Å². The van der Waals surface area contributed by atoms with E-state index in [2.05, 4.69) is 18.3 Å². The van der Waals surface area contributed by atoms with Gasteiger partial charge in [-0.1, -0.05) is 0 Å². The van der Waals surface area contributed by atoms with Crippen molar-refractivity contribution in [2.45, 2.75) is 25.5 Å². The van der Waals surface area contributed by atoms with E-state index in [0.717, 1.165) is 6.42 Å². The predicted octanol–water partition coefficient (Wildman–Crippen LogP) is 0.277. The molecule has 0 amide bonds. The van der Waals surface area contributed by atoms with Gasteiger partial charge in [-0.05, 0) is 13.3 Å². The van der Waals surface area contributed by atoms with E-state index < -0.39 is 0 Å². The second-order valence-electron chi connectivity index (χ2n) is 2.59. The van der Waals surface area contributed by atoms with Crippen molar-refractivity contribution >= 4 is 0 Å². The summed E-state index contributed by atoms with van der Waals surface area (Å²) in [7, 11) is 0. The van der Waals surface area contributed by atoms with E-state index in [1.807, 2.05) is 0 Å². The quantitative estimate of drug-likeness (QED) is 0.525. The van der Waals surface area contributed by atoms with E-state index in [9.17, 15) is 0 Å². The van der Waals surface area contributed by atoms with Gasteiger partial charge in [0.1, 0.15) is 0 Å². The first-order valence-electron chi connectivity index (χ1n) is 3.57. The smallest absolute Gasteiger partial charge is 0.156 e. The highest BCUT2D eigenvalue weighted by Gasteiger charge is 2.13. The molecule has 3 nitrogen and oxygen atoms in total. The summed E-state index contributed by atoms with van der Waals surface area (Å²) in [6, 6.07) is 2.56. The second kappa shape index (κ2) is 3.55. The van der Waals surface area contributed by atoms with Crippen LogP contribution in [0.2, 0.25) is 0 Å². The summed E-state index contributed by atoms with van der Waals surface area (Å²) >= 11 is 0. The maximum Gasteiger partial charge on any atom is 0.156 e. The van der Waals surface area contributed by atoms with Crippen molar-refractivity contribution in [1.29, 1.82) is 5.26 Å². The van der Waals surface area contributed by atoms with Crippen molar-refractivity contribution in [3.63, 3.8) is 0 Å². The first-order valence-corrected chi connectivity index (χ1v) is 3.57. The molecule has 0 aromatic carbocycles. The van der Waals surface area contributed by atoms with Crippen LogP contribution in [0.25, 0.3) is 0 Å². The van der Waals surface area contributed by atoms with Crippen LogP contribution in [0.5, 0.6) is 0 Å². The molecule has 0 radical (unpaired) electrons. The average molecular weight is 140 g/mol. The minimum absolute atomic E-state index is 0.245. The zero-order chi connectivity index (χ0) is 7.40. The Hall–Kier alpha value is -0.590. The van der Waals surface area contributed by atoms with E-state index in [4.69, 9.17) is 10.00 Å². The van der Waals surface area contributed by atoms with Gasteiger partial charge in [0.2, 0.25) is 0 Å². The van der Waals surface area contributed by atoms with Gasteiger partial charge in [-0.15, -0.1) is 0 Å². The van der Waals surface area contributed by atoms with Gasteiger partial charge in [0.05, 0.1) is 6.07 Å². The van der Waals surface area contributed by atoms with E-state index in [1.54, 1.807) is 0 Å². The van der Waals surface area contributed by atoms with Crippen molar-refractivity contribution in [3.05, 3.63) is 0 Å². The SMILES string of the molecule is CC1CCOC(C#N)CN1. The van der Waals surface area contributed by atoms with Gasteiger partial charge in [-0.25, -0.2) is 0 Å². The monoisotopic (exact) mass is 140 g/mol. The Labute approximate surface area is 61.0 Å². The molecule has 0 aromatic rings. The zero-order valence-corrected chi connectivity index (χ0v) is 6.13. The lowest BCUT2D eigenvalue weighted by atomic mass is 10.2. The largest absolute Gasteiger partial charge is 0.362 e. The summed E-state index contributed by atoms with van der Waals surface area (Å²) < 4.78 is 5.20. The molecule has 1 N–H and O–H groups in total. The average Bonchev–Trinajstić information content (AvgIpc) is 2.14. The minimum Gasteiger partial charge on any atom is -0.362 e. The molecule has 1 aliphatic heterocycles. The van der Waals surface area contributed by atoms with Crippen LogP contribution in [-0.2, 0) is 4.74 Å². The third kappa shape index (κ3) is 1.98. The normalized spacial score (nSPS) is 34.4. The molecule has 0 spiro atoms. The standard InChI is InChI=1S/C7H12N2O/c1-6-2-3-10-7(4-8)5-9-6/h6-7,9H,2-3,5H2,1H3. The lowest BCUT2D eigenvalue weighted by Gasteiger charge is -2.06. The number of rotatable bonds is 0. The summed E-state index contributed by atoms with van der Waals surface area (Å²) in [6.07, 6.45) is 0.753.